The minimum Gasteiger partial charge on any atom is -0.457 e. The lowest BCUT2D eigenvalue weighted by Crippen LogP contribution is -2.20. The third-order valence-corrected chi connectivity index (χ3v) is 4.75. The number of nitrogens with zero attached hydrogens (tertiary/aromatic N) is 1. The first-order valence-corrected chi connectivity index (χ1v) is 8.26. The standard InChI is InChI=1S/C19H20N2O2/c1-12-2-3-13-4-5-15(11-14(13)10-12)23-17-8-9-20-19-16(17)6-7-18(22)21-19/h4-5,8-9,11-12H,2-3,6-7,10H2,1H3,(H,20,21,22)/t12-/m1/s1. The molecule has 4 nitrogen and oxygen atoms in total. The molecule has 2 aromatic rings. The van der Waals surface area contributed by atoms with Gasteiger partial charge < -0.3 is 10.1 Å². The fourth-order valence-electron chi connectivity index (χ4n) is 3.46. The molecule has 1 aromatic carbocycles. The highest BCUT2D eigenvalue weighted by Gasteiger charge is 2.21. The molecule has 2 heterocycles. The summed E-state index contributed by atoms with van der Waals surface area (Å²) in [5.74, 6) is 3.04. The first-order chi connectivity index (χ1) is 11.2. The van der Waals surface area contributed by atoms with Crippen LogP contribution in [-0.2, 0) is 24.1 Å². The van der Waals surface area contributed by atoms with Gasteiger partial charge in [0.25, 0.3) is 0 Å². The van der Waals surface area contributed by atoms with Crippen LogP contribution in [0.4, 0.5) is 5.82 Å². The molecule has 118 valence electrons. The molecule has 0 spiro atoms. The molecule has 0 fully saturated rings. The molecule has 4 heteroatoms. The molecule has 0 saturated carbocycles. The van der Waals surface area contributed by atoms with E-state index in [0.29, 0.717) is 18.7 Å². The second kappa shape index (κ2) is 5.69. The molecule has 0 saturated heterocycles. The first kappa shape index (κ1) is 14.2. The molecule has 1 aliphatic heterocycles. The molecular weight excluding hydrogens is 288 g/mol. The van der Waals surface area contributed by atoms with Crippen LogP contribution in [0.5, 0.6) is 11.5 Å². The number of anilines is 1. The Kier molecular flexibility index (Phi) is 3.52. The molecular formula is C19H20N2O2. The van der Waals surface area contributed by atoms with E-state index in [9.17, 15) is 4.79 Å². The average Bonchev–Trinajstić information content (AvgIpc) is 2.54. The molecule has 0 unspecified atom stereocenters. The van der Waals surface area contributed by atoms with Crippen molar-refractivity contribution in [2.45, 2.75) is 39.0 Å². The number of nitrogens with one attached hydrogen (secondary N) is 1. The van der Waals surface area contributed by atoms with Gasteiger partial charge in [-0.05, 0) is 60.9 Å². The quantitative estimate of drug-likeness (QED) is 0.916. The molecule has 1 atom stereocenters. The Morgan fingerprint density at radius 3 is 3.00 bits per heavy atom. The topological polar surface area (TPSA) is 51.2 Å². The minimum absolute atomic E-state index is 0.0184. The number of carbonyl (C=O) groups excluding carboxylic acids is 1. The summed E-state index contributed by atoms with van der Waals surface area (Å²) in [7, 11) is 0. The van der Waals surface area contributed by atoms with Crippen molar-refractivity contribution in [1.29, 1.82) is 0 Å². The van der Waals surface area contributed by atoms with Crippen LogP contribution < -0.4 is 10.1 Å². The molecule has 0 radical (unpaired) electrons. The van der Waals surface area contributed by atoms with Crippen LogP contribution in [0.2, 0.25) is 0 Å². The largest absolute Gasteiger partial charge is 0.457 e. The number of aryl methyl sites for hydroxylation is 1. The van der Waals surface area contributed by atoms with E-state index in [4.69, 9.17) is 4.74 Å². The highest BCUT2D eigenvalue weighted by molar-refractivity contribution is 5.93. The van der Waals surface area contributed by atoms with E-state index in [1.165, 1.54) is 17.5 Å². The Morgan fingerprint density at radius 2 is 2.09 bits per heavy atom. The number of pyridine rings is 1. The maximum absolute atomic E-state index is 11.5. The minimum atomic E-state index is 0.0184. The van der Waals surface area contributed by atoms with Gasteiger partial charge in [0.15, 0.2) is 0 Å². The number of hydrogen-bond acceptors (Lipinski definition) is 3. The summed E-state index contributed by atoms with van der Waals surface area (Å²) in [6.45, 7) is 2.30. The Morgan fingerprint density at radius 1 is 1.17 bits per heavy atom. The van der Waals surface area contributed by atoms with Crippen LogP contribution in [0.15, 0.2) is 30.5 Å². The maximum atomic E-state index is 11.5. The van der Waals surface area contributed by atoms with Gasteiger partial charge in [0.2, 0.25) is 5.91 Å². The highest BCUT2D eigenvalue weighted by Crippen LogP contribution is 2.34. The SMILES string of the molecule is C[C@@H]1CCc2ccc(Oc3ccnc4c3CCC(=O)N4)cc2C1. The monoisotopic (exact) mass is 308 g/mol. The van der Waals surface area contributed by atoms with Crippen LogP contribution in [-0.4, -0.2) is 10.9 Å². The fourth-order valence-corrected chi connectivity index (χ4v) is 3.46. The van der Waals surface area contributed by atoms with Gasteiger partial charge in [-0.3, -0.25) is 4.79 Å². The Labute approximate surface area is 135 Å². The number of rotatable bonds is 2. The predicted octanol–water partition coefficient (Wildman–Crippen LogP) is 3.88. The van der Waals surface area contributed by atoms with E-state index >= 15 is 0 Å². The van der Waals surface area contributed by atoms with E-state index in [1.807, 2.05) is 12.1 Å². The Balaban J connectivity index is 1.63. The van der Waals surface area contributed by atoms with Crippen molar-refractivity contribution < 1.29 is 9.53 Å². The fraction of sp³-hybridized carbons (Fsp3) is 0.368. The van der Waals surface area contributed by atoms with E-state index in [0.717, 1.165) is 35.8 Å². The van der Waals surface area contributed by atoms with E-state index in [-0.39, 0.29) is 5.91 Å². The highest BCUT2D eigenvalue weighted by atomic mass is 16.5. The lowest BCUT2D eigenvalue weighted by Gasteiger charge is -2.23. The van der Waals surface area contributed by atoms with Crippen molar-refractivity contribution in [3.05, 3.63) is 47.2 Å². The van der Waals surface area contributed by atoms with E-state index in [1.54, 1.807) is 6.20 Å². The van der Waals surface area contributed by atoms with E-state index in [2.05, 4.69) is 29.4 Å². The van der Waals surface area contributed by atoms with Crippen molar-refractivity contribution in [1.82, 2.24) is 4.98 Å². The molecule has 23 heavy (non-hydrogen) atoms. The predicted molar refractivity (Wildman–Crippen MR) is 88.9 cm³/mol. The number of carbonyl (C=O) groups is 1. The molecule has 0 bridgehead atoms. The number of fused-ring (bicyclic) bond motifs is 2. The summed E-state index contributed by atoms with van der Waals surface area (Å²) >= 11 is 0. The van der Waals surface area contributed by atoms with Crippen molar-refractivity contribution in [2.24, 2.45) is 5.92 Å². The van der Waals surface area contributed by atoms with Crippen molar-refractivity contribution >= 4 is 11.7 Å². The summed E-state index contributed by atoms with van der Waals surface area (Å²) in [5.41, 5.74) is 3.83. The summed E-state index contributed by atoms with van der Waals surface area (Å²) in [6.07, 6.45) is 6.39. The zero-order valence-electron chi connectivity index (χ0n) is 13.3. The van der Waals surface area contributed by atoms with Gasteiger partial charge in [-0.15, -0.1) is 0 Å². The molecule has 1 N–H and O–H groups in total. The zero-order valence-corrected chi connectivity index (χ0v) is 13.3. The second-order valence-corrected chi connectivity index (χ2v) is 6.56. The van der Waals surface area contributed by atoms with Crippen molar-refractivity contribution in [3.63, 3.8) is 0 Å². The van der Waals surface area contributed by atoms with Gasteiger partial charge >= 0.3 is 0 Å². The number of aromatic nitrogens is 1. The Bertz CT molecular complexity index is 770. The third-order valence-electron chi connectivity index (χ3n) is 4.75. The van der Waals surface area contributed by atoms with Crippen LogP contribution >= 0.6 is 0 Å². The van der Waals surface area contributed by atoms with Gasteiger partial charge in [0, 0.05) is 18.2 Å². The van der Waals surface area contributed by atoms with Crippen LogP contribution in [0.25, 0.3) is 0 Å². The van der Waals surface area contributed by atoms with Gasteiger partial charge in [0.05, 0.1) is 0 Å². The van der Waals surface area contributed by atoms with Crippen LogP contribution in [0.1, 0.15) is 36.5 Å². The molecule has 2 aliphatic rings. The summed E-state index contributed by atoms with van der Waals surface area (Å²) < 4.78 is 6.12. The zero-order chi connectivity index (χ0) is 15.8. The van der Waals surface area contributed by atoms with Gasteiger partial charge in [-0.2, -0.15) is 0 Å². The molecule has 1 aromatic heterocycles. The van der Waals surface area contributed by atoms with Gasteiger partial charge in [0.1, 0.15) is 17.3 Å². The normalized spacial score (nSPS) is 19.5. The van der Waals surface area contributed by atoms with E-state index < -0.39 is 0 Å². The summed E-state index contributed by atoms with van der Waals surface area (Å²) in [4.78, 5) is 15.7. The molecule has 4 rings (SSSR count). The number of ether oxygens (including phenoxy) is 1. The molecule has 1 amide bonds. The average molecular weight is 308 g/mol. The summed E-state index contributed by atoms with van der Waals surface area (Å²) in [5, 5.41) is 2.81. The van der Waals surface area contributed by atoms with Crippen LogP contribution in [0, 0.1) is 5.92 Å². The first-order valence-electron chi connectivity index (χ1n) is 8.26. The number of benzene rings is 1. The Hall–Kier alpha value is -2.36. The lowest BCUT2D eigenvalue weighted by atomic mass is 9.85. The van der Waals surface area contributed by atoms with Gasteiger partial charge in [-0.1, -0.05) is 13.0 Å². The number of amides is 1. The lowest BCUT2D eigenvalue weighted by molar-refractivity contribution is -0.116. The van der Waals surface area contributed by atoms with Crippen molar-refractivity contribution in [3.8, 4) is 11.5 Å². The van der Waals surface area contributed by atoms with Crippen LogP contribution in [0.3, 0.4) is 0 Å². The smallest absolute Gasteiger partial charge is 0.225 e. The number of hydrogen-bond donors (Lipinski definition) is 1. The summed E-state index contributed by atoms with van der Waals surface area (Å²) in [6, 6.07) is 8.27. The third kappa shape index (κ3) is 2.81. The molecule has 1 aliphatic carbocycles. The van der Waals surface area contributed by atoms with Gasteiger partial charge in [-0.25, -0.2) is 4.98 Å². The van der Waals surface area contributed by atoms with Crippen molar-refractivity contribution in [2.75, 3.05) is 5.32 Å². The maximum Gasteiger partial charge on any atom is 0.225 e. The second-order valence-electron chi connectivity index (χ2n) is 6.56.